The Morgan fingerprint density at radius 2 is 1.57 bits per heavy atom. The summed E-state index contributed by atoms with van der Waals surface area (Å²) in [5, 5.41) is 10.7. The van der Waals surface area contributed by atoms with Crippen LogP contribution in [0.5, 0.6) is 0 Å². The van der Waals surface area contributed by atoms with E-state index in [0.717, 1.165) is 30.0 Å². The first-order chi connectivity index (χ1) is 14.4. The van der Waals surface area contributed by atoms with Crippen LogP contribution in [0.3, 0.4) is 0 Å². The molecule has 0 amide bonds. The highest BCUT2D eigenvalue weighted by molar-refractivity contribution is 6.35. The summed E-state index contributed by atoms with van der Waals surface area (Å²) in [6, 6.07) is 18.4. The van der Waals surface area contributed by atoms with Gasteiger partial charge in [0.2, 0.25) is 5.78 Å². The fraction of sp³-hybridized carbons (Fsp3) is 0.423. The van der Waals surface area contributed by atoms with Gasteiger partial charge in [-0.1, -0.05) is 93.0 Å². The van der Waals surface area contributed by atoms with E-state index in [1.807, 2.05) is 36.4 Å². The second-order valence-corrected chi connectivity index (χ2v) is 8.55. The van der Waals surface area contributed by atoms with Crippen molar-refractivity contribution in [1.82, 2.24) is 0 Å². The van der Waals surface area contributed by atoms with Gasteiger partial charge >= 0.3 is 0 Å². The minimum atomic E-state index is -0.298. The average Bonchev–Trinajstić information content (AvgIpc) is 2.75. The molecule has 0 heterocycles. The van der Waals surface area contributed by atoms with E-state index in [0.29, 0.717) is 23.2 Å². The monoisotopic (exact) mass is 407 g/mol. The van der Waals surface area contributed by atoms with Crippen LogP contribution < -0.4 is 0 Å². The molecular weight excluding hydrogens is 374 g/mol. The Morgan fingerprint density at radius 3 is 2.10 bits per heavy atom. The number of hydrogen-bond donors (Lipinski definition) is 1. The van der Waals surface area contributed by atoms with Crippen molar-refractivity contribution in [2.45, 2.75) is 46.5 Å². The Bertz CT molecular complexity index is 815. The number of carbonyl (C=O) groups is 2. The number of ketones is 2. The molecule has 160 valence electrons. The van der Waals surface area contributed by atoms with Crippen LogP contribution in [0, 0.1) is 23.7 Å². The van der Waals surface area contributed by atoms with Crippen LogP contribution >= 0.6 is 0 Å². The van der Waals surface area contributed by atoms with Gasteiger partial charge in [0.05, 0.1) is 0 Å². The summed E-state index contributed by atoms with van der Waals surface area (Å²) in [7, 11) is 0. The molecule has 4 nitrogen and oxygen atoms in total. The third kappa shape index (κ3) is 7.25. The summed E-state index contributed by atoms with van der Waals surface area (Å²) in [4.78, 5) is 23.3. The largest absolute Gasteiger partial charge is 0.411 e. The fourth-order valence-electron chi connectivity index (χ4n) is 4.34. The summed E-state index contributed by atoms with van der Waals surface area (Å²) in [5.41, 5.74) is 1.40. The summed E-state index contributed by atoms with van der Waals surface area (Å²) < 4.78 is 0. The minimum absolute atomic E-state index is 0.298. The summed E-state index contributed by atoms with van der Waals surface area (Å²) in [6.45, 7) is 6.94. The number of oxime groups is 1. The molecule has 3 rings (SSSR count). The van der Waals surface area contributed by atoms with E-state index in [4.69, 9.17) is 5.21 Å². The van der Waals surface area contributed by atoms with Gasteiger partial charge in [-0.3, -0.25) is 9.59 Å². The minimum Gasteiger partial charge on any atom is -0.411 e. The molecule has 3 atom stereocenters. The molecule has 2 aromatic rings. The Hall–Kier alpha value is -2.75. The van der Waals surface area contributed by atoms with Crippen LogP contribution in [0.15, 0.2) is 65.8 Å². The van der Waals surface area contributed by atoms with Crippen molar-refractivity contribution < 1.29 is 14.8 Å². The maximum Gasteiger partial charge on any atom is 0.207 e. The molecule has 1 N–H and O–H groups in total. The number of hydrogen-bond acceptors (Lipinski definition) is 4. The lowest BCUT2D eigenvalue weighted by Crippen LogP contribution is -2.29. The summed E-state index contributed by atoms with van der Waals surface area (Å²) in [6.07, 6.45) is 5.46. The Labute approximate surface area is 180 Å². The topological polar surface area (TPSA) is 66.7 Å². The van der Waals surface area contributed by atoms with E-state index in [2.05, 4.69) is 25.9 Å². The van der Waals surface area contributed by atoms with E-state index in [1.54, 1.807) is 24.3 Å². The van der Waals surface area contributed by atoms with Crippen molar-refractivity contribution in [3.8, 4) is 0 Å². The number of rotatable bonds is 6. The molecule has 1 saturated carbocycles. The lowest BCUT2D eigenvalue weighted by Gasteiger charge is -2.37. The van der Waals surface area contributed by atoms with Crippen molar-refractivity contribution in [2.24, 2.45) is 28.8 Å². The molecule has 0 saturated heterocycles. The standard InChI is InChI=1S/C18H26O.C8H7NO2/c1-13(2)17-10-9-14(3)11-16(17)12-18(19)15-7-5-4-6-8-15;10-8(6-9-11)7-4-2-1-3-5-7/h4-8,13-14,16-17H,9-12H2,1-3H3;1-6,11H. The van der Waals surface area contributed by atoms with Crippen LogP contribution in [0.4, 0.5) is 0 Å². The van der Waals surface area contributed by atoms with Crippen molar-refractivity contribution in [3.63, 3.8) is 0 Å². The fourth-order valence-corrected chi connectivity index (χ4v) is 4.34. The third-order valence-corrected chi connectivity index (χ3v) is 5.94. The van der Waals surface area contributed by atoms with Crippen LogP contribution in [0.25, 0.3) is 0 Å². The maximum atomic E-state index is 12.4. The highest BCUT2D eigenvalue weighted by Gasteiger charge is 2.32. The van der Waals surface area contributed by atoms with Gasteiger partial charge in [0.25, 0.3) is 0 Å². The highest BCUT2D eigenvalue weighted by atomic mass is 16.4. The molecule has 4 heteroatoms. The molecule has 0 spiro atoms. The third-order valence-electron chi connectivity index (χ3n) is 5.94. The van der Waals surface area contributed by atoms with Crippen molar-refractivity contribution >= 4 is 17.8 Å². The number of carbonyl (C=O) groups excluding carboxylic acids is 2. The molecule has 30 heavy (non-hydrogen) atoms. The van der Waals surface area contributed by atoms with Gasteiger partial charge in [0, 0.05) is 17.5 Å². The first kappa shape index (κ1) is 23.5. The Balaban J connectivity index is 0.000000248. The molecule has 3 unspecified atom stereocenters. The molecule has 2 aromatic carbocycles. The van der Waals surface area contributed by atoms with Gasteiger partial charge < -0.3 is 5.21 Å². The van der Waals surface area contributed by atoms with Gasteiger partial charge in [-0.05, 0) is 36.5 Å². The van der Waals surface area contributed by atoms with Gasteiger partial charge in [0.1, 0.15) is 6.21 Å². The van der Waals surface area contributed by atoms with E-state index < -0.39 is 0 Å². The Morgan fingerprint density at radius 1 is 1.00 bits per heavy atom. The normalized spacial score (nSPS) is 21.1. The second-order valence-electron chi connectivity index (χ2n) is 8.55. The average molecular weight is 408 g/mol. The molecule has 0 aliphatic heterocycles. The molecule has 1 fully saturated rings. The predicted molar refractivity (Wildman–Crippen MR) is 121 cm³/mol. The SMILES string of the molecule is CC1CCC(C(C)C)C(CC(=O)c2ccccc2)C1.O=C(C=NO)c1ccccc1. The van der Waals surface area contributed by atoms with Crippen molar-refractivity contribution in [1.29, 1.82) is 0 Å². The van der Waals surface area contributed by atoms with Crippen molar-refractivity contribution in [2.75, 3.05) is 0 Å². The molecule has 0 radical (unpaired) electrons. The summed E-state index contributed by atoms with van der Waals surface area (Å²) in [5.74, 6) is 2.81. The number of Topliss-reactive ketones (excluding diaryl/α,β-unsaturated/α-hetero) is 2. The maximum absolute atomic E-state index is 12.4. The molecular formula is C26H33NO3. The van der Waals surface area contributed by atoms with Gasteiger partial charge in [-0.2, -0.15) is 0 Å². The van der Waals surface area contributed by atoms with E-state index >= 15 is 0 Å². The smallest absolute Gasteiger partial charge is 0.207 e. The van der Waals surface area contributed by atoms with E-state index in [1.165, 1.54) is 19.3 Å². The van der Waals surface area contributed by atoms with Gasteiger partial charge in [-0.25, -0.2) is 0 Å². The number of nitrogens with zero attached hydrogens (tertiary/aromatic N) is 1. The molecule has 1 aliphatic carbocycles. The summed E-state index contributed by atoms with van der Waals surface area (Å²) >= 11 is 0. The molecule has 0 bridgehead atoms. The van der Waals surface area contributed by atoms with Crippen molar-refractivity contribution in [3.05, 3.63) is 71.8 Å². The predicted octanol–water partition coefficient (Wildman–Crippen LogP) is 6.30. The zero-order chi connectivity index (χ0) is 21.9. The van der Waals surface area contributed by atoms with E-state index in [-0.39, 0.29) is 5.78 Å². The lowest BCUT2D eigenvalue weighted by atomic mass is 9.68. The van der Waals surface area contributed by atoms with E-state index in [9.17, 15) is 9.59 Å². The lowest BCUT2D eigenvalue weighted by molar-refractivity contribution is 0.0855. The Kier molecular flexibility index (Phi) is 9.46. The first-order valence-electron chi connectivity index (χ1n) is 10.8. The quantitative estimate of drug-likeness (QED) is 0.264. The van der Waals surface area contributed by atoms with Crippen LogP contribution in [0.1, 0.15) is 67.2 Å². The van der Waals surface area contributed by atoms with Crippen LogP contribution in [0.2, 0.25) is 0 Å². The second kappa shape index (κ2) is 12.1. The highest BCUT2D eigenvalue weighted by Crippen LogP contribution is 2.40. The molecule has 0 aromatic heterocycles. The van der Waals surface area contributed by atoms with Crippen LogP contribution in [-0.4, -0.2) is 23.0 Å². The molecule has 1 aliphatic rings. The zero-order valence-electron chi connectivity index (χ0n) is 18.2. The van der Waals surface area contributed by atoms with Gasteiger partial charge in [0.15, 0.2) is 5.78 Å². The van der Waals surface area contributed by atoms with Gasteiger partial charge in [-0.15, -0.1) is 0 Å². The first-order valence-corrected chi connectivity index (χ1v) is 10.8. The van der Waals surface area contributed by atoms with Crippen LogP contribution in [-0.2, 0) is 0 Å². The zero-order valence-corrected chi connectivity index (χ0v) is 18.2. The number of benzene rings is 2.